The summed E-state index contributed by atoms with van der Waals surface area (Å²) in [7, 11) is 1.23. The van der Waals surface area contributed by atoms with Crippen molar-refractivity contribution >= 4 is 63.2 Å². The third-order valence-electron chi connectivity index (χ3n) is 4.95. The molecule has 0 bridgehead atoms. The summed E-state index contributed by atoms with van der Waals surface area (Å²) in [5.41, 5.74) is -0.677. The predicted octanol–water partition coefficient (Wildman–Crippen LogP) is 5.96. The van der Waals surface area contributed by atoms with E-state index in [4.69, 9.17) is 14.2 Å². The first-order chi connectivity index (χ1) is 18.0. The fraction of sp³-hybridized carbons (Fsp3) is 0.240. The van der Waals surface area contributed by atoms with Crippen molar-refractivity contribution in [3.63, 3.8) is 0 Å². The average Bonchev–Trinajstić information content (AvgIpc) is 3.10. The predicted molar refractivity (Wildman–Crippen MR) is 145 cm³/mol. The largest absolute Gasteiger partial charge is 0.495 e. The summed E-state index contributed by atoms with van der Waals surface area (Å²) in [5, 5.41) is 1.58. The summed E-state index contributed by atoms with van der Waals surface area (Å²) in [6, 6.07) is 5.98. The molecule has 1 fully saturated rings. The van der Waals surface area contributed by atoms with Crippen molar-refractivity contribution in [1.29, 1.82) is 0 Å². The van der Waals surface area contributed by atoms with Gasteiger partial charge >= 0.3 is 6.18 Å². The van der Waals surface area contributed by atoms with Gasteiger partial charge in [0.1, 0.15) is 18.9 Å². The number of anilines is 1. The molecule has 3 amide bonds. The number of ether oxygens (including phenoxy) is 3. The second-order valence-electron chi connectivity index (χ2n) is 7.59. The van der Waals surface area contributed by atoms with Crippen LogP contribution in [0.25, 0.3) is 6.08 Å². The lowest BCUT2D eigenvalue weighted by molar-refractivity contribution is -0.137. The van der Waals surface area contributed by atoms with Crippen LogP contribution >= 0.6 is 34.4 Å². The van der Waals surface area contributed by atoms with Crippen molar-refractivity contribution in [1.82, 2.24) is 4.90 Å². The Hall–Kier alpha value is -3.20. The number of nitrogens with one attached hydrogen (secondary N) is 1. The molecule has 1 aliphatic rings. The number of nitrogens with zero attached hydrogens (tertiary/aromatic N) is 1. The highest BCUT2D eigenvalue weighted by molar-refractivity contribution is 14.1. The van der Waals surface area contributed by atoms with Crippen molar-refractivity contribution in [2.75, 3.05) is 32.2 Å². The lowest BCUT2D eigenvalue weighted by Gasteiger charge is -2.16. The molecule has 2 aromatic carbocycles. The summed E-state index contributed by atoms with van der Waals surface area (Å²) in [4.78, 5) is 38.8. The maximum absolute atomic E-state index is 13.1. The third kappa shape index (κ3) is 7.01. The molecule has 1 saturated heterocycles. The molecule has 0 saturated carbocycles. The molecule has 202 valence electrons. The van der Waals surface area contributed by atoms with Crippen LogP contribution in [0.1, 0.15) is 18.1 Å². The Morgan fingerprint density at radius 3 is 2.55 bits per heavy atom. The van der Waals surface area contributed by atoms with E-state index in [2.05, 4.69) is 34.5 Å². The van der Waals surface area contributed by atoms with Crippen LogP contribution in [0.4, 0.5) is 23.7 Å². The van der Waals surface area contributed by atoms with Gasteiger partial charge in [0.05, 0.1) is 33.4 Å². The van der Waals surface area contributed by atoms with Crippen LogP contribution in [0.15, 0.2) is 47.9 Å². The van der Waals surface area contributed by atoms with Crippen molar-refractivity contribution in [2.45, 2.75) is 13.1 Å². The molecule has 1 N–H and O–H groups in total. The monoisotopic (exact) mass is 662 g/mol. The second kappa shape index (κ2) is 12.6. The Morgan fingerprint density at radius 1 is 1.18 bits per heavy atom. The highest BCUT2D eigenvalue weighted by Crippen LogP contribution is 2.38. The van der Waals surface area contributed by atoms with Gasteiger partial charge in [-0.05, 0) is 83.2 Å². The Kier molecular flexibility index (Phi) is 9.71. The van der Waals surface area contributed by atoms with E-state index in [9.17, 15) is 27.6 Å². The number of alkyl halides is 3. The van der Waals surface area contributed by atoms with Gasteiger partial charge in [-0.15, -0.1) is 0 Å². The number of halogens is 4. The fourth-order valence-corrected chi connectivity index (χ4v) is 4.94. The molecule has 1 heterocycles. The summed E-state index contributed by atoms with van der Waals surface area (Å²) < 4.78 is 56.3. The van der Waals surface area contributed by atoms with Crippen LogP contribution in [0.2, 0.25) is 0 Å². The molecule has 0 aromatic heterocycles. The van der Waals surface area contributed by atoms with Gasteiger partial charge in [-0.25, -0.2) is 0 Å². The zero-order valence-electron chi connectivity index (χ0n) is 20.2. The molecule has 0 spiro atoms. The Morgan fingerprint density at radius 2 is 1.92 bits per heavy atom. The molecule has 0 aliphatic carbocycles. The van der Waals surface area contributed by atoms with Gasteiger partial charge in [0.25, 0.3) is 11.1 Å². The normalized spacial score (nSPS) is 14.6. The zero-order chi connectivity index (χ0) is 28.0. The average molecular weight is 662 g/mol. The van der Waals surface area contributed by atoms with Crippen molar-refractivity contribution < 1.29 is 41.8 Å². The molecular formula is C25H22F3IN2O6S. The number of thioether (sulfide) groups is 1. The van der Waals surface area contributed by atoms with E-state index >= 15 is 0 Å². The van der Waals surface area contributed by atoms with Gasteiger partial charge < -0.3 is 19.5 Å². The Balaban J connectivity index is 1.79. The SMILES string of the molecule is C=CCOc1c(I)cc(/C=C2\SC(=O)N(CC(=O)Nc3cc(C(F)(F)F)ccc3OC)C2=O)cc1OCC. The Labute approximate surface area is 234 Å². The van der Waals surface area contributed by atoms with E-state index in [1.54, 1.807) is 18.2 Å². The standard InChI is InChI=1S/C25H22F3IN2O6S/c1-4-8-37-22-16(29)9-14(10-19(22)36-5-2)11-20-23(33)31(24(34)38-20)13-21(32)30-17-12-15(25(26,27)28)6-7-18(17)35-3/h4,6-7,9-12H,1,5,8,13H2,2-3H3,(H,30,32)/b20-11-. The molecular weight excluding hydrogens is 640 g/mol. The quantitative estimate of drug-likeness (QED) is 0.191. The maximum Gasteiger partial charge on any atom is 0.416 e. The topological polar surface area (TPSA) is 94.2 Å². The van der Waals surface area contributed by atoms with E-state index < -0.39 is 35.3 Å². The van der Waals surface area contributed by atoms with Crippen LogP contribution in [-0.4, -0.2) is 48.8 Å². The van der Waals surface area contributed by atoms with Crippen molar-refractivity contribution in [2.24, 2.45) is 0 Å². The van der Waals surface area contributed by atoms with E-state index in [1.165, 1.54) is 13.2 Å². The summed E-state index contributed by atoms with van der Waals surface area (Å²) in [6.45, 7) is 5.37. The van der Waals surface area contributed by atoms with E-state index in [0.717, 1.165) is 12.1 Å². The van der Waals surface area contributed by atoms with Crippen molar-refractivity contribution in [3.05, 3.63) is 62.6 Å². The molecule has 13 heteroatoms. The van der Waals surface area contributed by atoms with Gasteiger partial charge in [-0.3, -0.25) is 19.3 Å². The van der Waals surface area contributed by atoms with Crippen molar-refractivity contribution in [3.8, 4) is 17.2 Å². The minimum Gasteiger partial charge on any atom is -0.495 e. The summed E-state index contributed by atoms with van der Waals surface area (Å²) in [5.74, 6) is -0.643. The molecule has 0 unspecified atom stereocenters. The molecule has 2 aromatic rings. The number of benzene rings is 2. The molecule has 8 nitrogen and oxygen atoms in total. The van der Waals surface area contributed by atoms with Gasteiger partial charge in [0, 0.05) is 0 Å². The number of rotatable bonds is 10. The minimum atomic E-state index is -4.64. The maximum atomic E-state index is 13.1. The van der Waals surface area contributed by atoms with Crippen LogP contribution in [-0.2, 0) is 15.8 Å². The lowest BCUT2D eigenvalue weighted by atomic mass is 10.1. The molecule has 0 radical (unpaired) electrons. The second-order valence-corrected chi connectivity index (χ2v) is 9.75. The molecule has 0 atom stereocenters. The first kappa shape index (κ1) is 29.4. The van der Waals surface area contributed by atoms with Gasteiger partial charge in [-0.1, -0.05) is 12.7 Å². The van der Waals surface area contributed by atoms with Gasteiger partial charge in [0.15, 0.2) is 11.5 Å². The molecule has 3 rings (SSSR count). The number of amides is 3. The molecule has 38 heavy (non-hydrogen) atoms. The smallest absolute Gasteiger partial charge is 0.416 e. The Bertz CT molecular complexity index is 1300. The first-order valence-electron chi connectivity index (χ1n) is 11.0. The number of imide groups is 1. The number of hydrogen-bond acceptors (Lipinski definition) is 7. The fourth-order valence-electron chi connectivity index (χ4n) is 3.32. The van der Waals surface area contributed by atoms with E-state index in [0.29, 0.717) is 50.0 Å². The summed E-state index contributed by atoms with van der Waals surface area (Å²) >= 11 is 2.70. The number of carbonyl (C=O) groups is 3. The highest BCUT2D eigenvalue weighted by atomic mass is 127. The van der Waals surface area contributed by atoms with Crippen LogP contribution < -0.4 is 19.5 Å². The van der Waals surface area contributed by atoms with Crippen LogP contribution in [0.5, 0.6) is 17.2 Å². The van der Waals surface area contributed by atoms with Crippen LogP contribution in [0, 0.1) is 3.57 Å². The lowest BCUT2D eigenvalue weighted by Crippen LogP contribution is -2.36. The molecule has 1 aliphatic heterocycles. The van der Waals surface area contributed by atoms with E-state index in [1.807, 2.05) is 6.92 Å². The number of hydrogen-bond donors (Lipinski definition) is 1. The summed E-state index contributed by atoms with van der Waals surface area (Å²) in [6.07, 6.45) is -1.56. The number of carbonyl (C=O) groups excluding carboxylic acids is 3. The van der Waals surface area contributed by atoms with Gasteiger partial charge in [-0.2, -0.15) is 13.2 Å². The number of methoxy groups -OCH3 is 1. The van der Waals surface area contributed by atoms with Crippen LogP contribution in [0.3, 0.4) is 0 Å². The third-order valence-corrected chi connectivity index (χ3v) is 6.66. The van der Waals surface area contributed by atoms with E-state index in [-0.39, 0.29) is 22.9 Å². The first-order valence-corrected chi connectivity index (χ1v) is 12.9. The highest BCUT2D eigenvalue weighted by Gasteiger charge is 2.37. The zero-order valence-corrected chi connectivity index (χ0v) is 23.2. The van der Waals surface area contributed by atoms with Gasteiger partial charge in [0.2, 0.25) is 5.91 Å². The minimum absolute atomic E-state index is 0.0133.